The zero-order chi connectivity index (χ0) is 20.7. The highest BCUT2D eigenvalue weighted by atomic mass is 19.1. The number of nitrogens with zero attached hydrogens (tertiary/aromatic N) is 2. The normalized spacial score (nSPS) is 14.3. The van der Waals surface area contributed by atoms with Crippen LogP contribution >= 0.6 is 0 Å². The molecule has 1 aromatic heterocycles. The van der Waals surface area contributed by atoms with Crippen LogP contribution < -0.4 is 4.74 Å². The monoisotopic (exact) mass is 402 g/mol. The molecule has 1 aliphatic rings. The van der Waals surface area contributed by atoms with E-state index in [1.807, 2.05) is 36.5 Å². The lowest BCUT2D eigenvalue weighted by Gasteiger charge is -2.20. The van der Waals surface area contributed by atoms with E-state index in [9.17, 15) is 9.50 Å². The number of benzene rings is 3. The first-order chi connectivity index (χ1) is 14.6. The van der Waals surface area contributed by atoms with Crippen molar-refractivity contribution in [2.24, 2.45) is 0 Å². The molecule has 0 fully saturated rings. The smallest absolute Gasteiger partial charge is 0.126 e. The predicted octanol–water partition coefficient (Wildman–Crippen LogP) is 5.18. The lowest BCUT2D eigenvalue weighted by Crippen LogP contribution is -2.25. The summed E-state index contributed by atoms with van der Waals surface area (Å²) < 4.78 is 21.8. The molecule has 0 amide bonds. The fraction of sp³-hybridized carbons (Fsp3) is 0.200. The number of hydrogen-bond acceptors (Lipinski definition) is 3. The van der Waals surface area contributed by atoms with Crippen LogP contribution in [0.15, 0.2) is 66.9 Å². The van der Waals surface area contributed by atoms with Crippen molar-refractivity contribution in [2.75, 3.05) is 13.2 Å². The number of fused-ring (bicyclic) bond motifs is 2. The second-order valence-corrected chi connectivity index (χ2v) is 7.83. The van der Waals surface area contributed by atoms with Crippen molar-refractivity contribution < 1.29 is 14.2 Å². The Kier molecular flexibility index (Phi) is 4.68. The molecule has 0 radical (unpaired) electrons. The van der Waals surface area contributed by atoms with Crippen LogP contribution in [0.5, 0.6) is 11.5 Å². The maximum atomic E-state index is 13.6. The van der Waals surface area contributed by atoms with E-state index in [-0.39, 0.29) is 5.82 Å². The first kappa shape index (κ1) is 18.7. The molecule has 0 saturated heterocycles. The molecule has 4 nitrogen and oxygen atoms in total. The van der Waals surface area contributed by atoms with Crippen LogP contribution in [0.3, 0.4) is 0 Å². The predicted molar refractivity (Wildman–Crippen MR) is 116 cm³/mol. The topological polar surface area (TPSA) is 37.6 Å². The molecule has 0 saturated carbocycles. The Morgan fingerprint density at radius 1 is 1.07 bits per heavy atom. The third-order valence-corrected chi connectivity index (χ3v) is 5.70. The summed E-state index contributed by atoms with van der Waals surface area (Å²) in [5.74, 6) is 1.02. The van der Waals surface area contributed by atoms with Crippen molar-refractivity contribution >= 4 is 10.9 Å². The Bertz CT molecular complexity index is 1230. The summed E-state index contributed by atoms with van der Waals surface area (Å²) in [5, 5.41) is 11.0. The minimum atomic E-state index is -0.230. The quantitative estimate of drug-likeness (QED) is 0.513. The summed E-state index contributed by atoms with van der Waals surface area (Å²) in [4.78, 5) is 2.28. The molecule has 2 heterocycles. The Labute approximate surface area is 174 Å². The molecule has 4 aromatic rings. The van der Waals surface area contributed by atoms with Crippen molar-refractivity contribution in [3.8, 4) is 17.2 Å². The van der Waals surface area contributed by atoms with Gasteiger partial charge in [0.1, 0.15) is 23.9 Å². The molecular weight excluding hydrogens is 379 g/mol. The second-order valence-electron chi connectivity index (χ2n) is 7.83. The molecule has 30 heavy (non-hydrogen) atoms. The van der Waals surface area contributed by atoms with E-state index < -0.39 is 0 Å². The fourth-order valence-electron chi connectivity index (χ4n) is 4.25. The van der Waals surface area contributed by atoms with Crippen LogP contribution in [0.4, 0.5) is 4.39 Å². The van der Waals surface area contributed by atoms with E-state index in [4.69, 9.17) is 4.74 Å². The Hall–Kier alpha value is -3.31. The molecular formula is C25H23FN2O2. The summed E-state index contributed by atoms with van der Waals surface area (Å²) in [6, 6.07) is 18.5. The summed E-state index contributed by atoms with van der Waals surface area (Å²) in [6.07, 6.45) is 1.97. The van der Waals surface area contributed by atoms with Gasteiger partial charge in [-0.25, -0.2) is 4.39 Å². The lowest BCUT2D eigenvalue weighted by molar-refractivity contribution is 0.217. The van der Waals surface area contributed by atoms with E-state index in [1.165, 1.54) is 6.07 Å². The highest BCUT2D eigenvalue weighted by molar-refractivity contribution is 5.82. The molecule has 0 bridgehead atoms. The standard InChI is InChI=1S/C25H23FN2O2/c1-17-12-22(28-9-8-18-13-21(26)6-7-23(18)28)14-20-16-27(10-11-30-25(17)20)15-19-4-2-3-5-24(19)29/h2-9,12-14,29H,10-11,15-16H2,1H3. The SMILES string of the molecule is Cc1cc(-n2ccc3cc(F)ccc32)cc2c1OCCN(Cc1ccccc1O)C2. The van der Waals surface area contributed by atoms with E-state index >= 15 is 0 Å². The van der Waals surface area contributed by atoms with Crippen LogP contribution in [-0.2, 0) is 13.1 Å². The zero-order valence-electron chi connectivity index (χ0n) is 16.8. The highest BCUT2D eigenvalue weighted by Crippen LogP contribution is 2.32. The summed E-state index contributed by atoms with van der Waals surface area (Å²) >= 11 is 0. The van der Waals surface area contributed by atoms with Crippen molar-refractivity contribution in [3.63, 3.8) is 0 Å². The molecule has 0 spiro atoms. The lowest BCUT2D eigenvalue weighted by atomic mass is 10.1. The van der Waals surface area contributed by atoms with Crippen molar-refractivity contribution in [1.82, 2.24) is 9.47 Å². The molecule has 3 aromatic carbocycles. The number of rotatable bonds is 3. The van der Waals surface area contributed by atoms with Gasteiger partial charge in [0.15, 0.2) is 0 Å². The zero-order valence-corrected chi connectivity index (χ0v) is 16.8. The third-order valence-electron chi connectivity index (χ3n) is 5.70. The van der Waals surface area contributed by atoms with Gasteiger partial charge in [-0.1, -0.05) is 18.2 Å². The fourth-order valence-corrected chi connectivity index (χ4v) is 4.25. The molecule has 0 unspecified atom stereocenters. The average molecular weight is 402 g/mol. The number of phenols is 1. The number of para-hydroxylation sites is 1. The van der Waals surface area contributed by atoms with E-state index in [2.05, 4.69) is 28.5 Å². The Morgan fingerprint density at radius 3 is 2.80 bits per heavy atom. The number of hydrogen-bond donors (Lipinski definition) is 1. The summed E-state index contributed by atoms with van der Waals surface area (Å²) in [6.45, 7) is 4.83. The Morgan fingerprint density at radius 2 is 1.93 bits per heavy atom. The molecule has 0 aliphatic carbocycles. The average Bonchev–Trinajstić information content (AvgIpc) is 3.02. The number of aromatic nitrogens is 1. The van der Waals surface area contributed by atoms with Gasteiger partial charge >= 0.3 is 0 Å². The number of phenolic OH excluding ortho intramolecular Hbond substituents is 1. The van der Waals surface area contributed by atoms with Crippen molar-refractivity contribution in [1.29, 1.82) is 0 Å². The van der Waals surface area contributed by atoms with Gasteiger partial charge in [0.05, 0.1) is 5.52 Å². The second kappa shape index (κ2) is 7.50. The van der Waals surface area contributed by atoms with Crippen LogP contribution in [0.1, 0.15) is 16.7 Å². The van der Waals surface area contributed by atoms with Crippen LogP contribution in [0, 0.1) is 12.7 Å². The summed E-state index contributed by atoms with van der Waals surface area (Å²) in [5.41, 5.74) is 5.10. The molecule has 5 heteroatoms. The van der Waals surface area contributed by atoms with Crippen molar-refractivity contribution in [2.45, 2.75) is 20.0 Å². The molecule has 5 rings (SSSR count). The van der Waals surface area contributed by atoms with Crippen LogP contribution in [0.2, 0.25) is 0 Å². The third kappa shape index (κ3) is 3.42. The van der Waals surface area contributed by atoms with Gasteiger partial charge in [0.2, 0.25) is 0 Å². The minimum Gasteiger partial charge on any atom is -0.508 e. The van der Waals surface area contributed by atoms with Gasteiger partial charge in [-0.2, -0.15) is 0 Å². The number of aryl methyl sites for hydroxylation is 1. The number of ether oxygens (including phenoxy) is 1. The van der Waals surface area contributed by atoms with Crippen molar-refractivity contribution in [3.05, 3.63) is 89.4 Å². The van der Waals surface area contributed by atoms with Gasteiger partial charge in [-0.15, -0.1) is 0 Å². The van der Waals surface area contributed by atoms with Gasteiger partial charge in [0.25, 0.3) is 0 Å². The number of aromatic hydroxyl groups is 1. The van der Waals surface area contributed by atoms with Gasteiger partial charge in [-0.05, 0) is 55.0 Å². The maximum Gasteiger partial charge on any atom is 0.126 e. The molecule has 1 N–H and O–H groups in total. The summed E-state index contributed by atoms with van der Waals surface area (Å²) in [7, 11) is 0. The van der Waals surface area contributed by atoms with Gasteiger partial charge < -0.3 is 14.4 Å². The molecule has 152 valence electrons. The van der Waals surface area contributed by atoms with Crippen LogP contribution in [-0.4, -0.2) is 27.7 Å². The van der Waals surface area contributed by atoms with E-state index in [1.54, 1.807) is 12.1 Å². The highest BCUT2D eigenvalue weighted by Gasteiger charge is 2.20. The maximum absolute atomic E-state index is 13.6. The minimum absolute atomic E-state index is 0.230. The molecule has 0 atom stereocenters. The molecule has 1 aliphatic heterocycles. The van der Waals surface area contributed by atoms with E-state index in [0.717, 1.165) is 52.1 Å². The van der Waals surface area contributed by atoms with Gasteiger partial charge in [0, 0.05) is 48.0 Å². The van der Waals surface area contributed by atoms with Gasteiger partial charge in [-0.3, -0.25) is 4.90 Å². The largest absolute Gasteiger partial charge is 0.508 e. The first-order valence-corrected chi connectivity index (χ1v) is 10.1. The first-order valence-electron chi connectivity index (χ1n) is 10.1. The van der Waals surface area contributed by atoms with Crippen LogP contribution in [0.25, 0.3) is 16.6 Å². The van der Waals surface area contributed by atoms with E-state index in [0.29, 0.717) is 18.9 Å². The Balaban J connectivity index is 1.51. The number of halogens is 1.